The van der Waals surface area contributed by atoms with Crippen molar-refractivity contribution in [1.29, 1.82) is 0 Å². The van der Waals surface area contributed by atoms with Crippen molar-refractivity contribution in [3.63, 3.8) is 0 Å². The summed E-state index contributed by atoms with van der Waals surface area (Å²) in [7, 11) is 1.70. The van der Waals surface area contributed by atoms with Crippen LogP contribution in [-0.2, 0) is 4.79 Å². The SMILES string of the molecule is CCNCC1CCCN(CCCC(=O)NC)C1. The van der Waals surface area contributed by atoms with E-state index in [4.69, 9.17) is 0 Å². The predicted molar refractivity (Wildman–Crippen MR) is 71.0 cm³/mol. The van der Waals surface area contributed by atoms with Gasteiger partial charge < -0.3 is 15.5 Å². The van der Waals surface area contributed by atoms with Crippen molar-refractivity contribution in [2.45, 2.75) is 32.6 Å². The van der Waals surface area contributed by atoms with Crippen LogP contribution >= 0.6 is 0 Å². The number of piperidine rings is 1. The molecule has 0 aromatic heterocycles. The van der Waals surface area contributed by atoms with Gasteiger partial charge in [-0.3, -0.25) is 4.79 Å². The molecule has 1 aliphatic heterocycles. The number of rotatable bonds is 7. The second-order valence-electron chi connectivity index (χ2n) is 4.89. The number of nitrogens with one attached hydrogen (secondary N) is 2. The van der Waals surface area contributed by atoms with Gasteiger partial charge in [-0.25, -0.2) is 0 Å². The number of hydrogen-bond donors (Lipinski definition) is 2. The van der Waals surface area contributed by atoms with Crippen molar-refractivity contribution in [2.24, 2.45) is 5.92 Å². The number of nitrogens with zero attached hydrogens (tertiary/aromatic N) is 1. The minimum atomic E-state index is 0.159. The van der Waals surface area contributed by atoms with Crippen molar-refractivity contribution < 1.29 is 4.79 Å². The van der Waals surface area contributed by atoms with Gasteiger partial charge in [0.2, 0.25) is 5.91 Å². The van der Waals surface area contributed by atoms with Crippen LogP contribution in [0.1, 0.15) is 32.6 Å². The van der Waals surface area contributed by atoms with Crippen LogP contribution in [0.4, 0.5) is 0 Å². The van der Waals surface area contributed by atoms with Gasteiger partial charge in [-0.05, 0) is 51.4 Å². The van der Waals surface area contributed by atoms with E-state index in [2.05, 4.69) is 22.5 Å². The van der Waals surface area contributed by atoms with Gasteiger partial charge in [-0.2, -0.15) is 0 Å². The Balaban J connectivity index is 2.13. The summed E-state index contributed by atoms with van der Waals surface area (Å²) in [5.74, 6) is 0.954. The smallest absolute Gasteiger partial charge is 0.219 e. The Morgan fingerprint density at radius 1 is 1.47 bits per heavy atom. The second kappa shape index (κ2) is 8.48. The molecule has 0 spiro atoms. The summed E-state index contributed by atoms with van der Waals surface area (Å²) >= 11 is 0. The molecule has 4 nitrogen and oxygen atoms in total. The van der Waals surface area contributed by atoms with Crippen LogP contribution in [0.15, 0.2) is 0 Å². The lowest BCUT2D eigenvalue weighted by Gasteiger charge is -2.32. The van der Waals surface area contributed by atoms with Crippen molar-refractivity contribution >= 4 is 5.91 Å². The molecule has 1 aliphatic rings. The van der Waals surface area contributed by atoms with E-state index in [0.717, 1.165) is 32.0 Å². The first-order valence-corrected chi connectivity index (χ1v) is 6.90. The summed E-state index contributed by atoms with van der Waals surface area (Å²) in [5.41, 5.74) is 0. The molecule has 0 bridgehead atoms. The highest BCUT2D eigenvalue weighted by Gasteiger charge is 2.18. The van der Waals surface area contributed by atoms with Gasteiger partial charge >= 0.3 is 0 Å². The number of amides is 1. The molecule has 17 heavy (non-hydrogen) atoms. The van der Waals surface area contributed by atoms with Gasteiger partial charge in [-0.1, -0.05) is 6.92 Å². The first-order chi connectivity index (χ1) is 8.26. The van der Waals surface area contributed by atoms with E-state index in [1.807, 2.05) is 0 Å². The molecule has 0 saturated carbocycles. The number of hydrogen-bond acceptors (Lipinski definition) is 3. The van der Waals surface area contributed by atoms with Crippen LogP contribution in [0.5, 0.6) is 0 Å². The van der Waals surface area contributed by atoms with Crippen molar-refractivity contribution in [3.8, 4) is 0 Å². The Morgan fingerprint density at radius 2 is 2.29 bits per heavy atom. The fourth-order valence-corrected chi connectivity index (χ4v) is 2.46. The fraction of sp³-hybridized carbons (Fsp3) is 0.923. The van der Waals surface area contributed by atoms with E-state index in [9.17, 15) is 4.79 Å². The molecule has 1 fully saturated rings. The van der Waals surface area contributed by atoms with Gasteiger partial charge in [-0.15, -0.1) is 0 Å². The first-order valence-electron chi connectivity index (χ1n) is 6.90. The summed E-state index contributed by atoms with van der Waals surface area (Å²) in [6.07, 6.45) is 4.29. The lowest BCUT2D eigenvalue weighted by Crippen LogP contribution is -2.40. The molecule has 0 aromatic carbocycles. The van der Waals surface area contributed by atoms with Gasteiger partial charge in [0, 0.05) is 20.0 Å². The van der Waals surface area contributed by atoms with E-state index in [1.54, 1.807) is 7.05 Å². The second-order valence-corrected chi connectivity index (χ2v) is 4.89. The highest BCUT2D eigenvalue weighted by Crippen LogP contribution is 2.16. The number of carbonyl (C=O) groups is 1. The zero-order valence-electron chi connectivity index (χ0n) is 11.3. The van der Waals surface area contributed by atoms with Gasteiger partial charge in [0.05, 0.1) is 0 Å². The van der Waals surface area contributed by atoms with Gasteiger partial charge in [0.25, 0.3) is 0 Å². The minimum Gasteiger partial charge on any atom is -0.359 e. The van der Waals surface area contributed by atoms with Crippen LogP contribution in [0.25, 0.3) is 0 Å². The molecule has 1 amide bonds. The Morgan fingerprint density at radius 3 is 3.00 bits per heavy atom. The van der Waals surface area contributed by atoms with E-state index < -0.39 is 0 Å². The molecular weight excluding hydrogens is 214 g/mol. The van der Waals surface area contributed by atoms with Crippen LogP contribution in [0, 0.1) is 5.92 Å². The zero-order valence-corrected chi connectivity index (χ0v) is 11.3. The van der Waals surface area contributed by atoms with E-state index in [-0.39, 0.29) is 5.91 Å². The Bertz CT molecular complexity index is 221. The third-order valence-corrected chi connectivity index (χ3v) is 3.44. The van der Waals surface area contributed by atoms with Crippen molar-refractivity contribution in [2.75, 3.05) is 39.8 Å². The van der Waals surface area contributed by atoms with E-state index >= 15 is 0 Å². The van der Waals surface area contributed by atoms with Crippen molar-refractivity contribution in [1.82, 2.24) is 15.5 Å². The minimum absolute atomic E-state index is 0.159. The third kappa shape index (κ3) is 6.03. The Kier molecular flexibility index (Phi) is 7.21. The zero-order chi connectivity index (χ0) is 12.5. The molecule has 1 unspecified atom stereocenters. The molecule has 1 heterocycles. The van der Waals surface area contributed by atoms with Crippen molar-refractivity contribution in [3.05, 3.63) is 0 Å². The highest BCUT2D eigenvalue weighted by atomic mass is 16.1. The summed E-state index contributed by atoms with van der Waals surface area (Å²) in [5, 5.41) is 6.10. The highest BCUT2D eigenvalue weighted by molar-refractivity contribution is 5.75. The standard InChI is InChI=1S/C13H27N3O/c1-3-15-10-12-6-4-8-16(11-12)9-5-7-13(17)14-2/h12,15H,3-11H2,1-2H3,(H,14,17). The average molecular weight is 241 g/mol. The monoisotopic (exact) mass is 241 g/mol. The summed E-state index contributed by atoms with van der Waals surface area (Å²) in [6, 6.07) is 0. The Hall–Kier alpha value is -0.610. The fourth-order valence-electron chi connectivity index (χ4n) is 2.46. The topological polar surface area (TPSA) is 44.4 Å². The largest absolute Gasteiger partial charge is 0.359 e. The maximum atomic E-state index is 11.1. The van der Waals surface area contributed by atoms with Crippen LogP contribution in [0.2, 0.25) is 0 Å². The summed E-state index contributed by atoms with van der Waals surface area (Å²) < 4.78 is 0. The molecule has 100 valence electrons. The van der Waals surface area contributed by atoms with Gasteiger partial charge in [0.15, 0.2) is 0 Å². The van der Waals surface area contributed by atoms with E-state index in [0.29, 0.717) is 6.42 Å². The average Bonchev–Trinajstić information content (AvgIpc) is 2.36. The van der Waals surface area contributed by atoms with E-state index in [1.165, 1.54) is 25.9 Å². The molecule has 4 heteroatoms. The number of likely N-dealkylation sites (tertiary alicyclic amines) is 1. The maximum absolute atomic E-state index is 11.1. The lowest BCUT2D eigenvalue weighted by atomic mass is 9.98. The Labute approximate surface area is 105 Å². The molecular formula is C13H27N3O. The summed E-state index contributed by atoms with van der Waals surface area (Å²) in [4.78, 5) is 13.6. The lowest BCUT2D eigenvalue weighted by molar-refractivity contribution is -0.120. The predicted octanol–water partition coefficient (Wildman–Crippen LogP) is 0.834. The first kappa shape index (κ1) is 14.5. The molecule has 2 N–H and O–H groups in total. The third-order valence-electron chi connectivity index (χ3n) is 3.44. The van der Waals surface area contributed by atoms with Crippen LogP contribution < -0.4 is 10.6 Å². The summed E-state index contributed by atoms with van der Waals surface area (Å²) in [6.45, 7) is 7.83. The quantitative estimate of drug-likeness (QED) is 0.694. The normalized spacial score (nSPS) is 21.4. The molecule has 0 aromatic rings. The molecule has 0 radical (unpaired) electrons. The molecule has 1 rings (SSSR count). The molecule has 0 aliphatic carbocycles. The maximum Gasteiger partial charge on any atom is 0.219 e. The van der Waals surface area contributed by atoms with Gasteiger partial charge in [0.1, 0.15) is 0 Å². The van der Waals surface area contributed by atoms with Crippen LogP contribution in [-0.4, -0.2) is 50.6 Å². The number of carbonyl (C=O) groups excluding carboxylic acids is 1. The molecule has 1 saturated heterocycles. The molecule has 1 atom stereocenters. The van der Waals surface area contributed by atoms with Crippen LogP contribution in [0.3, 0.4) is 0 Å².